The van der Waals surface area contributed by atoms with Crippen LogP contribution in [0.5, 0.6) is 0 Å². The fourth-order valence-corrected chi connectivity index (χ4v) is 5.83. The number of aromatic nitrogens is 1. The summed E-state index contributed by atoms with van der Waals surface area (Å²) in [4.78, 5) is 15.1. The highest BCUT2D eigenvalue weighted by atomic mass is 32.2. The molecule has 0 atom stereocenters. The normalized spacial score (nSPS) is 14.8. The molecule has 170 valence electrons. The Labute approximate surface area is 188 Å². The maximum absolute atomic E-state index is 15.1. The van der Waals surface area contributed by atoms with Crippen LogP contribution in [0.25, 0.3) is 10.9 Å². The van der Waals surface area contributed by atoms with Gasteiger partial charge >= 0.3 is 0 Å². The quantitative estimate of drug-likeness (QED) is 0.543. The van der Waals surface area contributed by atoms with Crippen LogP contribution in [0, 0.1) is 19.7 Å². The molecule has 0 aliphatic carbocycles. The Morgan fingerprint density at radius 1 is 1.00 bits per heavy atom. The van der Waals surface area contributed by atoms with Gasteiger partial charge in [-0.1, -0.05) is 13.0 Å². The number of halogens is 1. The lowest BCUT2D eigenvalue weighted by molar-refractivity contribution is 0.557. The van der Waals surface area contributed by atoms with E-state index in [2.05, 4.69) is 0 Å². The Morgan fingerprint density at radius 2 is 1.72 bits per heavy atom. The molecule has 0 amide bonds. The molecule has 4 rings (SSSR count). The van der Waals surface area contributed by atoms with Crippen molar-refractivity contribution in [3.8, 4) is 0 Å². The van der Waals surface area contributed by atoms with Gasteiger partial charge in [-0.25, -0.2) is 12.8 Å². The second kappa shape index (κ2) is 8.70. The summed E-state index contributed by atoms with van der Waals surface area (Å²) < 4.78 is 43.7. The molecular formula is C25H29FN2O3S. The van der Waals surface area contributed by atoms with Crippen molar-refractivity contribution in [2.24, 2.45) is 0 Å². The zero-order valence-corrected chi connectivity index (χ0v) is 19.6. The number of sulfone groups is 1. The first-order valence-electron chi connectivity index (χ1n) is 11.2. The van der Waals surface area contributed by atoms with E-state index in [1.54, 1.807) is 22.8 Å². The number of fused-ring (bicyclic) bond motifs is 1. The largest absolute Gasteiger partial charge is 0.369 e. The summed E-state index contributed by atoms with van der Waals surface area (Å²) in [6, 6.07) is 7.76. The summed E-state index contributed by atoms with van der Waals surface area (Å²) in [5, 5.41) is 0.0987. The van der Waals surface area contributed by atoms with E-state index in [1.807, 2.05) is 25.7 Å². The fraction of sp³-hybridized carbons (Fsp3) is 0.400. The van der Waals surface area contributed by atoms with Crippen molar-refractivity contribution in [2.45, 2.75) is 62.8 Å². The molecule has 2 aromatic carbocycles. The maximum Gasteiger partial charge on any atom is 0.211 e. The van der Waals surface area contributed by atoms with Crippen molar-refractivity contribution in [1.82, 2.24) is 4.57 Å². The Bertz CT molecular complexity index is 1340. The number of aryl methyl sites for hydroxylation is 3. The van der Waals surface area contributed by atoms with Crippen LogP contribution >= 0.6 is 0 Å². The highest BCUT2D eigenvalue weighted by molar-refractivity contribution is 7.91. The molecule has 0 unspecified atom stereocenters. The van der Waals surface area contributed by atoms with Crippen LogP contribution in [-0.4, -0.2) is 26.1 Å². The van der Waals surface area contributed by atoms with Crippen molar-refractivity contribution in [1.29, 1.82) is 0 Å². The lowest BCUT2D eigenvalue weighted by atomic mass is 10.1. The van der Waals surface area contributed by atoms with Crippen molar-refractivity contribution in [3.05, 3.63) is 63.7 Å². The zero-order valence-electron chi connectivity index (χ0n) is 18.8. The minimum atomic E-state index is -4.05. The van der Waals surface area contributed by atoms with Crippen molar-refractivity contribution in [3.63, 3.8) is 0 Å². The standard InChI is InChI=1S/C25H29FN2O3S/c1-4-10-28-16-24(32(30,31)19-9-8-17(2)18(3)13-19)25(29)20-14-21(26)23(15-22(20)28)27-11-6-5-7-12-27/h8-9,13-16H,4-7,10-12H2,1-3H3. The molecule has 1 fully saturated rings. The van der Waals surface area contributed by atoms with E-state index < -0.39 is 21.1 Å². The molecule has 0 saturated carbocycles. The van der Waals surface area contributed by atoms with Crippen LogP contribution in [0.1, 0.15) is 43.7 Å². The molecule has 5 nitrogen and oxygen atoms in total. The van der Waals surface area contributed by atoms with Crippen LogP contribution in [0.15, 0.2) is 51.1 Å². The molecule has 1 aromatic heterocycles. The number of anilines is 1. The summed E-state index contributed by atoms with van der Waals surface area (Å²) in [6.07, 6.45) is 5.32. The van der Waals surface area contributed by atoms with E-state index in [1.165, 1.54) is 18.3 Å². The molecule has 0 spiro atoms. The Balaban J connectivity index is 1.94. The van der Waals surface area contributed by atoms with E-state index in [0.29, 0.717) is 17.7 Å². The lowest BCUT2D eigenvalue weighted by Crippen LogP contribution is -2.30. The van der Waals surface area contributed by atoms with Gasteiger partial charge in [0, 0.05) is 25.8 Å². The van der Waals surface area contributed by atoms with Crippen molar-refractivity contribution in [2.75, 3.05) is 18.0 Å². The monoisotopic (exact) mass is 456 g/mol. The predicted octanol–water partition coefficient (Wildman–Crippen LogP) is 4.99. The minimum Gasteiger partial charge on any atom is -0.369 e. The average molecular weight is 457 g/mol. The van der Waals surface area contributed by atoms with Gasteiger partial charge in [-0.2, -0.15) is 0 Å². The predicted molar refractivity (Wildman–Crippen MR) is 126 cm³/mol. The second-order valence-corrected chi connectivity index (χ2v) is 10.6. The third kappa shape index (κ3) is 3.94. The summed E-state index contributed by atoms with van der Waals surface area (Å²) in [6.45, 7) is 7.80. The van der Waals surface area contributed by atoms with E-state index in [-0.39, 0.29) is 15.2 Å². The fourth-order valence-electron chi connectivity index (χ4n) is 4.38. The smallest absolute Gasteiger partial charge is 0.211 e. The van der Waals surface area contributed by atoms with Crippen LogP contribution in [0.3, 0.4) is 0 Å². The first kappa shape index (κ1) is 22.5. The van der Waals surface area contributed by atoms with Gasteiger partial charge in [-0.05, 0) is 74.9 Å². The number of rotatable bonds is 5. The molecule has 1 aliphatic rings. The summed E-state index contributed by atoms with van der Waals surface area (Å²) >= 11 is 0. The van der Waals surface area contributed by atoms with Crippen LogP contribution in [-0.2, 0) is 16.4 Å². The van der Waals surface area contributed by atoms with Crippen molar-refractivity contribution < 1.29 is 12.8 Å². The highest BCUT2D eigenvalue weighted by Gasteiger charge is 2.26. The summed E-state index contributed by atoms with van der Waals surface area (Å²) in [5.74, 6) is -0.486. The molecule has 2 heterocycles. The zero-order chi connectivity index (χ0) is 23.0. The molecule has 0 N–H and O–H groups in total. The Morgan fingerprint density at radius 3 is 2.38 bits per heavy atom. The molecule has 0 radical (unpaired) electrons. The van der Waals surface area contributed by atoms with E-state index >= 15 is 4.39 Å². The first-order valence-corrected chi connectivity index (χ1v) is 12.7. The van der Waals surface area contributed by atoms with Crippen LogP contribution in [0.4, 0.5) is 10.1 Å². The van der Waals surface area contributed by atoms with E-state index in [9.17, 15) is 13.2 Å². The van der Waals surface area contributed by atoms with Crippen LogP contribution in [0.2, 0.25) is 0 Å². The molecule has 3 aromatic rings. The van der Waals surface area contributed by atoms with Crippen LogP contribution < -0.4 is 10.3 Å². The first-order chi connectivity index (χ1) is 15.2. The minimum absolute atomic E-state index is 0.0745. The SMILES string of the molecule is CCCn1cc(S(=O)(=O)c2ccc(C)c(C)c2)c(=O)c2cc(F)c(N3CCCCC3)cc21. The van der Waals surface area contributed by atoms with Gasteiger partial charge < -0.3 is 9.47 Å². The number of hydrogen-bond acceptors (Lipinski definition) is 4. The number of hydrogen-bond donors (Lipinski definition) is 0. The number of nitrogens with zero attached hydrogens (tertiary/aromatic N) is 2. The molecule has 0 bridgehead atoms. The Kier molecular flexibility index (Phi) is 6.12. The number of benzene rings is 2. The van der Waals surface area contributed by atoms with E-state index in [4.69, 9.17) is 0 Å². The third-order valence-corrected chi connectivity index (χ3v) is 8.10. The van der Waals surface area contributed by atoms with Gasteiger partial charge in [0.2, 0.25) is 15.3 Å². The summed E-state index contributed by atoms with van der Waals surface area (Å²) in [5.41, 5.74) is 2.19. The molecule has 7 heteroatoms. The third-order valence-electron chi connectivity index (χ3n) is 6.36. The maximum atomic E-state index is 15.1. The lowest BCUT2D eigenvalue weighted by Gasteiger charge is -2.29. The second-order valence-electron chi connectivity index (χ2n) is 8.63. The van der Waals surface area contributed by atoms with Gasteiger partial charge in [-0.3, -0.25) is 4.79 Å². The molecule has 1 saturated heterocycles. The number of pyridine rings is 1. The number of piperidine rings is 1. The van der Waals surface area contributed by atoms with Gasteiger partial charge in [0.05, 0.1) is 21.5 Å². The average Bonchev–Trinajstić information content (AvgIpc) is 2.77. The van der Waals surface area contributed by atoms with Gasteiger partial charge in [0.25, 0.3) is 0 Å². The molecule has 32 heavy (non-hydrogen) atoms. The summed E-state index contributed by atoms with van der Waals surface area (Å²) in [7, 11) is -4.05. The van der Waals surface area contributed by atoms with E-state index in [0.717, 1.165) is 49.9 Å². The van der Waals surface area contributed by atoms with Crippen molar-refractivity contribution >= 4 is 26.4 Å². The van der Waals surface area contributed by atoms with Gasteiger partial charge in [0.15, 0.2) is 0 Å². The Hall–Kier alpha value is -2.67. The van der Waals surface area contributed by atoms with Gasteiger partial charge in [-0.15, -0.1) is 0 Å². The molecule has 1 aliphatic heterocycles. The molecular weight excluding hydrogens is 427 g/mol. The highest BCUT2D eigenvalue weighted by Crippen LogP contribution is 2.29. The van der Waals surface area contributed by atoms with Gasteiger partial charge in [0.1, 0.15) is 10.7 Å². The topological polar surface area (TPSA) is 59.4 Å².